The Morgan fingerprint density at radius 3 is 1.97 bits per heavy atom. The zero-order valence-electron chi connectivity index (χ0n) is 17.2. The van der Waals surface area contributed by atoms with Crippen LogP contribution in [-0.4, -0.2) is 15.0 Å². The first kappa shape index (κ1) is 18.9. The Balaban J connectivity index is 1.66. The average molecular weight is 399 g/mol. The van der Waals surface area contributed by atoms with Crippen molar-refractivity contribution in [2.24, 2.45) is 0 Å². The fourth-order valence-electron chi connectivity index (χ4n) is 3.56. The number of hydrogen-bond donors (Lipinski definition) is 0. The van der Waals surface area contributed by atoms with Crippen molar-refractivity contribution in [3.05, 3.63) is 115 Å². The van der Waals surface area contributed by atoms with Gasteiger partial charge in [-0.05, 0) is 42.3 Å². The van der Waals surface area contributed by atoms with Crippen LogP contribution >= 0.6 is 0 Å². The topological polar surface area (TPSA) is 38.7 Å². The van der Waals surface area contributed by atoms with Gasteiger partial charge in [-0.1, -0.05) is 84.4 Å². The van der Waals surface area contributed by atoms with Crippen LogP contribution in [0.4, 0.5) is 0 Å². The van der Waals surface area contributed by atoms with Crippen molar-refractivity contribution in [3.8, 4) is 45.2 Å². The molecule has 3 nitrogen and oxygen atoms in total. The lowest BCUT2D eigenvalue weighted by Gasteiger charge is -2.10. The zero-order valence-corrected chi connectivity index (χ0v) is 17.2. The summed E-state index contributed by atoms with van der Waals surface area (Å²) in [6, 6.07) is 35.0. The number of aryl methyl sites for hydroxylation is 1. The standard InChI is InChI=1S/C28H21N3/c1-20-13-15-22(16-14-20)26-19-27(25-12-5-6-17-29-25)31-28(30-26)24-11-7-10-23(18-24)21-8-3-2-4-9-21/h2-19H,1H3. The van der Waals surface area contributed by atoms with Crippen LogP contribution in [0, 0.1) is 6.92 Å². The Hall–Kier alpha value is -4.11. The molecule has 5 aromatic rings. The number of hydrogen-bond acceptors (Lipinski definition) is 3. The van der Waals surface area contributed by atoms with Crippen molar-refractivity contribution in [1.82, 2.24) is 15.0 Å². The third-order valence-electron chi connectivity index (χ3n) is 5.23. The van der Waals surface area contributed by atoms with Crippen LogP contribution in [0.2, 0.25) is 0 Å². The van der Waals surface area contributed by atoms with Crippen LogP contribution in [-0.2, 0) is 0 Å². The Bertz CT molecular complexity index is 1310. The van der Waals surface area contributed by atoms with Gasteiger partial charge in [-0.25, -0.2) is 9.97 Å². The molecule has 148 valence electrons. The van der Waals surface area contributed by atoms with E-state index in [0.717, 1.165) is 33.8 Å². The lowest BCUT2D eigenvalue weighted by Crippen LogP contribution is -1.97. The maximum absolute atomic E-state index is 4.92. The third-order valence-corrected chi connectivity index (χ3v) is 5.23. The Morgan fingerprint density at radius 2 is 1.19 bits per heavy atom. The quantitative estimate of drug-likeness (QED) is 0.332. The number of pyridine rings is 1. The molecule has 0 atom stereocenters. The van der Waals surface area contributed by atoms with Crippen LogP contribution in [0.3, 0.4) is 0 Å². The Kier molecular flexibility index (Phi) is 5.07. The van der Waals surface area contributed by atoms with Gasteiger partial charge in [-0.15, -0.1) is 0 Å². The second-order valence-electron chi connectivity index (χ2n) is 7.49. The summed E-state index contributed by atoms with van der Waals surface area (Å²) in [6.07, 6.45) is 1.79. The van der Waals surface area contributed by atoms with Crippen molar-refractivity contribution >= 4 is 0 Å². The molecule has 5 rings (SSSR count). The lowest BCUT2D eigenvalue weighted by molar-refractivity contribution is 1.16. The van der Waals surface area contributed by atoms with Gasteiger partial charge in [-0.3, -0.25) is 4.98 Å². The van der Waals surface area contributed by atoms with Gasteiger partial charge in [0.25, 0.3) is 0 Å². The summed E-state index contributed by atoms with van der Waals surface area (Å²) in [4.78, 5) is 14.3. The van der Waals surface area contributed by atoms with E-state index in [1.165, 1.54) is 11.1 Å². The maximum Gasteiger partial charge on any atom is 0.160 e. The van der Waals surface area contributed by atoms with Crippen molar-refractivity contribution < 1.29 is 0 Å². The molecule has 3 aromatic carbocycles. The summed E-state index contributed by atoms with van der Waals surface area (Å²) in [6.45, 7) is 2.09. The molecule has 0 aliphatic heterocycles. The zero-order chi connectivity index (χ0) is 21.0. The molecule has 0 aliphatic rings. The first-order valence-corrected chi connectivity index (χ1v) is 10.3. The highest BCUT2D eigenvalue weighted by Crippen LogP contribution is 2.29. The van der Waals surface area contributed by atoms with Gasteiger partial charge in [0.15, 0.2) is 5.82 Å². The van der Waals surface area contributed by atoms with E-state index in [4.69, 9.17) is 9.97 Å². The largest absolute Gasteiger partial charge is 0.255 e. The van der Waals surface area contributed by atoms with E-state index in [0.29, 0.717) is 5.82 Å². The summed E-state index contributed by atoms with van der Waals surface area (Å²) >= 11 is 0. The van der Waals surface area contributed by atoms with Crippen LogP contribution in [0.25, 0.3) is 45.2 Å². The Morgan fingerprint density at radius 1 is 0.484 bits per heavy atom. The number of rotatable bonds is 4. The molecule has 0 saturated heterocycles. The second kappa shape index (κ2) is 8.33. The molecule has 0 fully saturated rings. The number of nitrogens with zero attached hydrogens (tertiary/aromatic N) is 3. The van der Waals surface area contributed by atoms with E-state index < -0.39 is 0 Å². The van der Waals surface area contributed by atoms with E-state index in [1.807, 2.05) is 30.3 Å². The predicted octanol–water partition coefficient (Wildman–Crippen LogP) is 6.85. The molecule has 0 aliphatic carbocycles. The van der Waals surface area contributed by atoms with E-state index in [9.17, 15) is 0 Å². The van der Waals surface area contributed by atoms with Crippen LogP contribution in [0.1, 0.15) is 5.56 Å². The van der Waals surface area contributed by atoms with E-state index >= 15 is 0 Å². The van der Waals surface area contributed by atoms with Crippen LogP contribution in [0.15, 0.2) is 109 Å². The van der Waals surface area contributed by atoms with Crippen molar-refractivity contribution in [3.63, 3.8) is 0 Å². The van der Waals surface area contributed by atoms with Gasteiger partial charge in [-0.2, -0.15) is 0 Å². The molecule has 2 heterocycles. The molecule has 2 aromatic heterocycles. The van der Waals surface area contributed by atoms with Crippen LogP contribution < -0.4 is 0 Å². The minimum Gasteiger partial charge on any atom is -0.255 e. The fraction of sp³-hybridized carbons (Fsp3) is 0.0357. The molecule has 0 radical (unpaired) electrons. The molecular formula is C28H21N3. The van der Waals surface area contributed by atoms with Crippen molar-refractivity contribution in [2.75, 3.05) is 0 Å². The van der Waals surface area contributed by atoms with Gasteiger partial charge < -0.3 is 0 Å². The molecule has 0 spiro atoms. The second-order valence-corrected chi connectivity index (χ2v) is 7.49. The minimum atomic E-state index is 0.691. The minimum absolute atomic E-state index is 0.691. The van der Waals surface area contributed by atoms with Gasteiger partial charge in [0.1, 0.15) is 0 Å². The SMILES string of the molecule is Cc1ccc(-c2cc(-c3ccccn3)nc(-c3cccc(-c4ccccc4)c3)n2)cc1. The smallest absolute Gasteiger partial charge is 0.160 e. The summed E-state index contributed by atoms with van der Waals surface area (Å²) < 4.78 is 0. The van der Waals surface area contributed by atoms with Gasteiger partial charge in [0, 0.05) is 17.3 Å². The van der Waals surface area contributed by atoms with Crippen molar-refractivity contribution in [1.29, 1.82) is 0 Å². The normalized spacial score (nSPS) is 10.7. The summed E-state index contributed by atoms with van der Waals surface area (Å²) in [5, 5.41) is 0. The molecule has 0 amide bonds. The fourth-order valence-corrected chi connectivity index (χ4v) is 3.56. The highest BCUT2D eigenvalue weighted by Gasteiger charge is 2.12. The van der Waals surface area contributed by atoms with Gasteiger partial charge >= 0.3 is 0 Å². The molecular weight excluding hydrogens is 378 g/mol. The molecule has 3 heteroatoms. The number of benzene rings is 3. The molecule has 31 heavy (non-hydrogen) atoms. The van der Waals surface area contributed by atoms with E-state index in [2.05, 4.69) is 84.7 Å². The molecule has 0 N–H and O–H groups in total. The highest BCUT2D eigenvalue weighted by molar-refractivity contribution is 5.74. The molecule has 0 bridgehead atoms. The van der Waals surface area contributed by atoms with E-state index in [1.54, 1.807) is 6.20 Å². The monoisotopic (exact) mass is 399 g/mol. The van der Waals surface area contributed by atoms with Crippen LogP contribution in [0.5, 0.6) is 0 Å². The molecule has 0 unspecified atom stereocenters. The lowest BCUT2D eigenvalue weighted by atomic mass is 10.0. The van der Waals surface area contributed by atoms with Crippen molar-refractivity contribution in [2.45, 2.75) is 6.92 Å². The van der Waals surface area contributed by atoms with Gasteiger partial charge in [0.05, 0.1) is 17.1 Å². The van der Waals surface area contributed by atoms with Gasteiger partial charge in [0.2, 0.25) is 0 Å². The maximum atomic E-state index is 4.92. The average Bonchev–Trinajstić information content (AvgIpc) is 2.85. The Labute approximate surface area is 182 Å². The predicted molar refractivity (Wildman–Crippen MR) is 126 cm³/mol. The number of aromatic nitrogens is 3. The third kappa shape index (κ3) is 4.12. The molecule has 0 saturated carbocycles. The van der Waals surface area contributed by atoms with E-state index in [-0.39, 0.29) is 0 Å². The summed E-state index contributed by atoms with van der Waals surface area (Å²) in [5.74, 6) is 0.691. The summed E-state index contributed by atoms with van der Waals surface area (Å²) in [5.41, 5.74) is 8.10. The highest BCUT2D eigenvalue weighted by atomic mass is 14.9. The first-order valence-electron chi connectivity index (χ1n) is 10.3. The first-order chi connectivity index (χ1) is 15.3. The summed E-state index contributed by atoms with van der Waals surface area (Å²) in [7, 11) is 0.